The van der Waals surface area contributed by atoms with E-state index in [1.54, 1.807) is 12.1 Å². The zero-order chi connectivity index (χ0) is 15.0. The molecule has 6 nitrogen and oxygen atoms in total. The molecule has 1 aliphatic heterocycles. The van der Waals surface area contributed by atoms with Gasteiger partial charge in [0.2, 0.25) is 0 Å². The van der Waals surface area contributed by atoms with Gasteiger partial charge >= 0.3 is 12.2 Å². The minimum absolute atomic E-state index is 0.160. The van der Waals surface area contributed by atoms with E-state index in [1.807, 2.05) is 20.8 Å². The van der Waals surface area contributed by atoms with Crippen LogP contribution in [0.5, 0.6) is 0 Å². The summed E-state index contributed by atoms with van der Waals surface area (Å²) in [7, 11) is 0. The van der Waals surface area contributed by atoms with Crippen molar-refractivity contribution in [2.75, 3.05) is 16.3 Å². The quantitative estimate of drug-likeness (QED) is 0.827. The normalized spacial score (nSPS) is 17.9. The van der Waals surface area contributed by atoms with Crippen LogP contribution in [0.4, 0.5) is 21.0 Å². The number of hydrogen-bond acceptors (Lipinski definition) is 2. The molecular formula is C14H18N2O4. The lowest BCUT2D eigenvalue weighted by molar-refractivity contribution is 0.193. The van der Waals surface area contributed by atoms with Crippen LogP contribution in [0.3, 0.4) is 0 Å². The third-order valence-corrected chi connectivity index (χ3v) is 3.81. The molecule has 6 heteroatoms. The van der Waals surface area contributed by atoms with Crippen LogP contribution in [0.15, 0.2) is 12.1 Å². The van der Waals surface area contributed by atoms with Crippen molar-refractivity contribution >= 4 is 23.6 Å². The summed E-state index contributed by atoms with van der Waals surface area (Å²) >= 11 is 0. The van der Waals surface area contributed by atoms with Crippen LogP contribution in [0.25, 0.3) is 0 Å². The predicted molar refractivity (Wildman–Crippen MR) is 75.9 cm³/mol. The number of anilines is 2. The van der Waals surface area contributed by atoms with Gasteiger partial charge in [0, 0.05) is 0 Å². The van der Waals surface area contributed by atoms with Crippen molar-refractivity contribution in [1.29, 1.82) is 0 Å². The van der Waals surface area contributed by atoms with Gasteiger partial charge in [-0.3, -0.25) is 9.80 Å². The summed E-state index contributed by atoms with van der Waals surface area (Å²) in [5, 5.41) is 18.8. The number of amides is 2. The first-order valence-electron chi connectivity index (χ1n) is 6.50. The van der Waals surface area contributed by atoms with Crippen LogP contribution in [0, 0.1) is 13.8 Å². The number of hydrogen-bond donors (Lipinski definition) is 2. The van der Waals surface area contributed by atoms with Gasteiger partial charge in [-0.15, -0.1) is 0 Å². The van der Waals surface area contributed by atoms with Gasteiger partial charge in [-0.05, 0) is 43.5 Å². The largest absolute Gasteiger partial charge is 0.465 e. The number of carbonyl (C=O) groups is 2. The van der Waals surface area contributed by atoms with Crippen molar-refractivity contribution in [3.8, 4) is 0 Å². The van der Waals surface area contributed by atoms with E-state index in [0.29, 0.717) is 17.8 Å². The zero-order valence-electron chi connectivity index (χ0n) is 11.8. The molecule has 0 fully saturated rings. The molecule has 0 aromatic heterocycles. The summed E-state index contributed by atoms with van der Waals surface area (Å²) in [5.41, 5.74) is 2.76. The molecule has 1 aromatic carbocycles. The van der Waals surface area contributed by atoms with Gasteiger partial charge < -0.3 is 10.2 Å². The highest BCUT2D eigenvalue weighted by Gasteiger charge is 2.36. The lowest BCUT2D eigenvalue weighted by Crippen LogP contribution is -2.52. The van der Waals surface area contributed by atoms with Crippen molar-refractivity contribution in [3.05, 3.63) is 23.3 Å². The number of nitrogens with zero attached hydrogens (tertiary/aromatic N) is 2. The Morgan fingerprint density at radius 2 is 1.70 bits per heavy atom. The highest BCUT2D eigenvalue weighted by atomic mass is 16.4. The average Bonchev–Trinajstić information content (AvgIpc) is 2.37. The Bertz CT molecular complexity index is 571. The van der Waals surface area contributed by atoms with Crippen LogP contribution in [-0.2, 0) is 0 Å². The Hall–Kier alpha value is -2.24. The molecule has 0 radical (unpaired) electrons. The van der Waals surface area contributed by atoms with Gasteiger partial charge in [-0.1, -0.05) is 6.92 Å². The first-order valence-corrected chi connectivity index (χ1v) is 6.50. The van der Waals surface area contributed by atoms with Crippen molar-refractivity contribution < 1.29 is 19.8 Å². The molecule has 20 heavy (non-hydrogen) atoms. The highest BCUT2D eigenvalue weighted by Crippen LogP contribution is 2.38. The second-order valence-electron chi connectivity index (χ2n) is 5.03. The lowest BCUT2D eigenvalue weighted by Gasteiger charge is -2.40. The van der Waals surface area contributed by atoms with Gasteiger partial charge in [0.05, 0.1) is 24.0 Å². The summed E-state index contributed by atoms with van der Waals surface area (Å²) in [6.45, 7) is 5.78. The van der Waals surface area contributed by atoms with Crippen molar-refractivity contribution in [1.82, 2.24) is 0 Å². The van der Waals surface area contributed by atoms with Gasteiger partial charge in [0.15, 0.2) is 0 Å². The fourth-order valence-corrected chi connectivity index (χ4v) is 2.53. The first kappa shape index (κ1) is 14.2. The maximum absolute atomic E-state index is 11.5. The van der Waals surface area contributed by atoms with Crippen molar-refractivity contribution in [2.24, 2.45) is 0 Å². The molecule has 0 aliphatic carbocycles. The molecule has 2 N–H and O–H groups in total. The summed E-state index contributed by atoms with van der Waals surface area (Å²) < 4.78 is 0. The molecule has 1 aliphatic rings. The second-order valence-corrected chi connectivity index (χ2v) is 5.03. The van der Waals surface area contributed by atoms with Crippen LogP contribution in [0.1, 0.15) is 24.5 Å². The van der Waals surface area contributed by atoms with E-state index in [4.69, 9.17) is 0 Å². The number of benzene rings is 1. The van der Waals surface area contributed by atoms with E-state index < -0.39 is 12.2 Å². The molecule has 2 amide bonds. The highest BCUT2D eigenvalue weighted by molar-refractivity contribution is 6.00. The molecule has 0 bridgehead atoms. The molecule has 0 saturated carbocycles. The molecule has 2 rings (SSSR count). The number of aryl methyl sites for hydroxylation is 2. The van der Waals surface area contributed by atoms with E-state index in [2.05, 4.69) is 0 Å². The molecular weight excluding hydrogens is 260 g/mol. The van der Waals surface area contributed by atoms with Crippen molar-refractivity contribution in [3.63, 3.8) is 0 Å². The number of fused-ring (bicyclic) bond motifs is 1. The molecule has 0 saturated heterocycles. The molecule has 1 atom stereocenters. The number of rotatable bonds is 1. The van der Waals surface area contributed by atoms with Gasteiger partial charge in [-0.2, -0.15) is 0 Å². The Labute approximate surface area is 117 Å². The van der Waals surface area contributed by atoms with Gasteiger partial charge in [-0.25, -0.2) is 9.59 Å². The van der Waals surface area contributed by atoms with E-state index in [0.717, 1.165) is 11.1 Å². The Morgan fingerprint density at radius 3 is 2.15 bits per heavy atom. The molecule has 0 spiro atoms. The first-order chi connectivity index (χ1) is 9.36. The smallest absolute Gasteiger partial charge is 0.412 e. The average molecular weight is 278 g/mol. The molecule has 1 unspecified atom stereocenters. The number of carboxylic acid groups (broad SMARTS) is 2. The van der Waals surface area contributed by atoms with E-state index in [9.17, 15) is 19.8 Å². The Morgan fingerprint density at radius 1 is 1.15 bits per heavy atom. The molecule has 1 heterocycles. The molecule has 108 valence electrons. The summed E-state index contributed by atoms with van der Waals surface area (Å²) in [6, 6.07) is 3.12. The van der Waals surface area contributed by atoms with Gasteiger partial charge in [0.1, 0.15) is 0 Å². The fourth-order valence-electron chi connectivity index (χ4n) is 2.53. The maximum atomic E-state index is 11.5. The minimum Gasteiger partial charge on any atom is -0.465 e. The van der Waals surface area contributed by atoms with Gasteiger partial charge in [0.25, 0.3) is 0 Å². The summed E-state index contributed by atoms with van der Waals surface area (Å²) in [5.74, 6) is 0. The zero-order valence-corrected chi connectivity index (χ0v) is 11.8. The van der Waals surface area contributed by atoms with Crippen LogP contribution >= 0.6 is 0 Å². The van der Waals surface area contributed by atoms with Crippen LogP contribution < -0.4 is 9.80 Å². The maximum Gasteiger partial charge on any atom is 0.412 e. The summed E-state index contributed by atoms with van der Waals surface area (Å²) in [4.78, 5) is 25.4. The van der Waals surface area contributed by atoms with E-state index in [1.165, 1.54) is 9.80 Å². The van der Waals surface area contributed by atoms with E-state index in [-0.39, 0.29) is 12.6 Å². The minimum atomic E-state index is -1.06. The predicted octanol–water partition coefficient (Wildman–Crippen LogP) is 3.06. The fraction of sp³-hybridized carbons (Fsp3) is 0.429. The van der Waals surface area contributed by atoms with Crippen LogP contribution in [0.2, 0.25) is 0 Å². The summed E-state index contributed by atoms with van der Waals surface area (Å²) in [6.07, 6.45) is -1.55. The van der Waals surface area contributed by atoms with Crippen LogP contribution in [-0.4, -0.2) is 35.0 Å². The standard InChI is InChI=1S/C14H18N2O4/c1-4-10-7-15(13(17)18)11-5-8(2)9(3)6-12(11)16(10)14(19)20/h5-6,10H,4,7H2,1-3H3,(H,17,18)(H,19,20). The topological polar surface area (TPSA) is 81.1 Å². The third-order valence-electron chi connectivity index (χ3n) is 3.81. The SMILES string of the molecule is CCC1CN(C(=O)O)c2cc(C)c(C)cc2N1C(=O)O. The Kier molecular flexibility index (Phi) is 3.57. The monoisotopic (exact) mass is 278 g/mol. The Balaban J connectivity index is 2.65. The van der Waals surface area contributed by atoms with E-state index >= 15 is 0 Å². The lowest BCUT2D eigenvalue weighted by atomic mass is 10.0. The van der Waals surface area contributed by atoms with Crippen molar-refractivity contribution in [2.45, 2.75) is 33.2 Å². The second kappa shape index (κ2) is 5.03. The molecule has 1 aromatic rings. The third kappa shape index (κ3) is 2.17.